The lowest BCUT2D eigenvalue weighted by atomic mass is 10.1. The Morgan fingerprint density at radius 1 is 1.10 bits per heavy atom. The number of nitrogens with two attached hydrogens (primary N) is 1. The van der Waals surface area contributed by atoms with Gasteiger partial charge < -0.3 is 11.1 Å². The molecule has 0 aliphatic rings. The lowest BCUT2D eigenvalue weighted by Gasteiger charge is -2.08. The third-order valence-corrected chi connectivity index (χ3v) is 7.40. The summed E-state index contributed by atoms with van der Waals surface area (Å²) in [7, 11) is -3.75. The summed E-state index contributed by atoms with van der Waals surface area (Å²) in [5.41, 5.74) is 7.94. The highest BCUT2D eigenvalue weighted by Crippen LogP contribution is 2.34. The average Bonchev–Trinajstić information content (AvgIpc) is 3.30. The van der Waals surface area contributed by atoms with Crippen molar-refractivity contribution in [1.29, 1.82) is 0 Å². The fourth-order valence-corrected chi connectivity index (χ4v) is 5.55. The molecule has 0 aliphatic heterocycles. The zero-order valence-electron chi connectivity index (χ0n) is 15.0. The van der Waals surface area contributed by atoms with Crippen LogP contribution in [0.15, 0.2) is 53.0 Å². The number of nitrogens with one attached hydrogen (secondary N) is 2. The van der Waals surface area contributed by atoms with Gasteiger partial charge in [-0.25, -0.2) is 18.4 Å². The minimum absolute atomic E-state index is 0.0619. The van der Waals surface area contributed by atoms with E-state index in [0.29, 0.717) is 21.1 Å². The molecule has 0 saturated heterocycles. The van der Waals surface area contributed by atoms with Gasteiger partial charge in [-0.1, -0.05) is 0 Å². The van der Waals surface area contributed by atoms with E-state index in [1.807, 2.05) is 13.0 Å². The number of hydrogen-bond acceptors (Lipinski definition) is 8. The normalized spacial score (nSPS) is 11.5. The van der Waals surface area contributed by atoms with E-state index >= 15 is 0 Å². The molecule has 4 N–H and O–H groups in total. The third-order valence-electron chi connectivity index (χ3n) is 4.12. The average molecular weight is 446 g/mol. The molecule has 29 heavy (non-hydrogen) atoms. The van der Waals surface area contributed by atoms with Gasteiger partial charge in [0, 0.05) is 28.8 Å². The first kappa shape index (κ1) is 19.3. The Bertz CT molecular complexity index is 1300. The maximum absolute atomic E-state index is 12.7. The number of amides is 1. The standard InChI is InChI=1S/C18H15N5O3S3/c1-10-6-7-20-17-13(10)14(19)15(28-17)16(24)22-11-2-4-12(5-3-11)29(25,26)23-18-21-8-9-27-18/h2-9H,19H2,1H3,(H,21,23)(H,22,24). The number of carbonyl (C=O) groups excluding carboxylic acids is 1. The zero-order valence-corrected chi connectivity index (χ0v) is 17.5. The fraction of sp³-hybridized carbons (Fsp3) is 0.0556. The Morgan fingerprint density at radius 3 is 2.52 bits per heavy atom. The van der Waals surface area contributed by atoms with Crippen molar-refractivity contribution in [3.05, 3.63) is 58.5 Å². The Balaban J connectivity index is 1.54. The van der Waals surface area contributed by atoms with E-state index in [0.717, 1.165) is 10.9 Å². The zero-order chi connectivity index (χ0) is 20.6. The molecule has 0 aliphatic carbocycles. The summed E-state index contributed by atoms with van der Waals surface area (Å²) in [5.74, 6) is -0.374. The number of thiophene rings is 1. The number of fused-ring (bicyclic) bond motifs is 1. The van der Waals surface area contributed by atoms with E-state index in [-0.39, 0.29) is 15.9 Å². The first-order valence-corrected chi connectivity index (χ1v) is 11.5. The molecule has 1 amide bonds. The molecule has 1 aromatic carbocycles. The topological polar surface area (TPSA) is 127 Å². The van der Waals surface area contributed by atoms with Gasteiger partial charge in [0.1, 0.15) is 9.71 Å². The maximum Gasteiger partial charge on any atom is 0.267 e. The first-order valence-electron chi connectivity index (χ1n) is 8.32. The molecule has 0 atom stereocenters. The van der Waals surface area contributed by atoms with Crippen LogP contribution in [-0.2, 0) is 10.0 Å². The molecule has 0 bridgehead atoms. The number of aromatic nitrogens is 2. The molecule has 0 spiro atoms. The SMILES string of the molecule is Cc1ccnc2sc(C(=O)Nc3ccc(S(=O)(=O)Nc4nccs4)cc3)c(N)c12. The highest BCUT2D eigenvalue weighted by molar-refractivity contribution is 7.93. The van der Waals surface area contributed by atoms with Crippen LogP contribution in [0.25, 0.3) is 10.2 Å². The number of benzene rings is 1. The number of rotatable bonds is 5. The van der Waals surface area contributed by atoms with Gasteiger partial charge in [0.25, 0.3) is 15.9 Å². The van der Waals surface area contributed by atoms with Gasteiger partial charge in [-0.2, -0.15) is 0 Å². The molecular weight excluding hydrogens is 430 g/mol. The number of sulfonamides is 1. The molecule has 0 fully saturated rings. The summed E-state index contributed by atoms with van der Waals surface area (Å²) in [6, 6.07) is 7.69. The van der Waals surface area contributed by atoms with Crippen molar-refractivity contribution in [2.75, 3.05) is 15.8 Å². The quantitative estimate of drug-likeness (QED) is 0.430. The lowest BCUT2D eigenvalue weighted by Crippen LogP contribution is -2.14. The Hall–Kier alpha value is -3.02. The number of thiazole rings is 1. The van der Waals surface area contributed by atoms with Crippen LogP contribution in [0.2, 0.25) is 0 Å². The van der Waals surface area contributed by atoms with E-state index in [4.69, 9.17) is 5.73 Å². The van der Waals surface area contributed by atoms with Gasteiger partial charge in [0.05, 0.1) is 10.6 Å². The highest BCUT2D eigenvalue weighted by atomic mass is 32.2. The van der Waals surface area contributed by atoms with Gasteiger partial charge in [-0.05, 0) is 42.8 Å². The van der Waals surface area contributed by atoms with Crippen molar-refractivity contribution < 1.29 is 13.2 Å². The summed E-state index contributed by atoms with van der Waals surface area (Å²) in [4.78, 5) is 22.0. The van der Waals surface area contributed by atoms with Crippen LogP contribution < -0.4 is 15.8 Å². The van der Waals surface area contributed by atoms with Gasteiger partial charge in [0.15, 0.2) is 5.13 Å². The minimum atomic E-state index is -3.75. The third kappa shape index (κ3) is 3.79. The highest BCUT2D eigenvalue weighted by Gasteiger charge is 2.19. The molecule has 4 rings (SSSR count). The maximum atomic E-state index is 12.7. The molecule has 0 unspecified atom stereocenters. The first-order chi connectivity index (χ1) is 13.8. The molecule has 0 saturated carbocycles. The van der Waals surface area contributed by atoms with Crippen LogP contribution in [0.5, 0.6) is 0 Å². The lowest BCUT2D eigenvalue weighted by molar-refractivity contribution is 0.103. The molecule has 3 heterocycles. The molecular formula is C18H15N5O3S3. The molecule has 8 nitrogen and oxygen atoms in total. The van der Waals surface area contributed by atoms with Crippen molar-refractivity contribution in [1.82, 2.24) is 9.97 Å². The monoisotopic (exact) mass is 445 g/mol. The van der Waals surface area contributed by atoms with E-state index in [2.05, 4.69) is 20.0 Å². The van der Waals surface area contributed by atoms with Crippen LogP contribution in [0.3, 0.4) is 0 Å². The summed E-state index contributed by atoms with van der Waals surface area (Å²) in [5, 5.41) is 5.47. The molecule has 148 valence electrons. The van der Waals surface area contributed by atoms with Crippen LogP contribution >= 0.6 is 22.7 Å². The van der Waals surface area contributed by atoms with Gasteiger partial charge >= 0.3 is 0 Å². The number of hydrogen-bond donors (Lipinski definition) is 3. The predicted octanol–water partition coefficient (Wildman–Crippen LogP) is 3.70. The molecule has 0 radical (unpaired) electrons. The molecule has 3 aromatic heterocycles. The van der Waals surface area contributed by atoms with Gasteiger partial charge in [0.2, 0.25) is 0 Å². The van der Waals surface area contributed by atoms with Gasteiger partial charge in [-0.15, -0.1) is 22.7 Å². The smallest absolute Gasteiger partial charge is 0.267 e. The number of nitrogens with zero attached hydrogens (tertiary/aromatic N) is 2. The van der Waals surface area contributed by atoms with Crippen LogP contribution in [-0.4, -0.2) is 24.3 Å². The largest absolute Gasteiger partial charge is 0.397 e. The van der Waals surface area contributed by atoms with Crippen molar-refractivity contribution >= 4 is 65.3 Å². The summed E-state index contributed by atoms with van der Waals surface area (Å²) in [6.45, 7) is 1.91. The number of aryl methyl sites for hydroxylation is 1. The number of pyridine rings is 1. The van der Waals surface area contributed by atoms with Crippen LogP contribution in [0.1, 0.15) is 15.2 Å². The van der Waals surface area contributed by atoms with Crippen molar-refractivity contribution in [2.45, 2.75) is 11.8 Å². The fourth-order valence-electron chi connectivity index (χ4n) is 2.73. The second-order valence-electron chi connectivity index (χ2n) is 6.07. The van der Waals surface area contributed by atoms with Crippen molar-refractivity contribution in [3.8, 4) is 0 Å². The van der Waals surface area contributed by atoms with E-state index in [1.165, 1.54) is 53.1 Å². The van der Waals surface area contributed by atoms with Crippen molar-refractivity contribution in [3.63, 3.8) is 0 Å². The summed E-state index contributed by atoms with van der Waals surface area (Å²) < 4.78 is 27.2. The van der Waals surface area contributed by atoms with Crippen LogP contribution in [0.4, 0.5) is 16.5 Å². The molecule has 4 aromatic rings. The summed E-state index contributed by atoms with van der Waals surface area (Å²) >= 11 is 2.40. The van der Waals surface area contributed by atoms with Gasteiger partial charge in [-0.3, -0.25) is 9.52 Å². The van der Waals surface area contributed by atoms with E-state index < -0.39 is 10.0 Å². The van der Waals surface area contributed by atoms with Crippen molar-refractivity contribution in [2.24, 2.45) is 0 Å². The number of carbonyl (C=O) groups is 1. The summed E-state index contributed by atoms with van der Waals surface area (Å²) in [6.07, 6.45) is 3.19. The number of anilines is 3. The Labute approximate surface area is 174 Å². The van der Waals surface area contributed by atoms with E-state index in [1.54, 1.807) is 11.6 Å². The Morgan fingerprint density at radius 2 is 1.86 bits per heavy atom. The van der Waals surface area contributed by atoms with Crippen LogP contribution in [0, 0.1) is 6.92 Å². The molecule has 11 heteroatoms. The number of nitrogen functional groups attached to an aromatic ring is 1. The second kappa shape index (κ2) is 7.43. The Kier molecular flexibility index (Phi) is 4.94. The second-order valence-corrected chi connectivity index (χ2v) is 9.65. The minimum Gasteiger partial charge on any atom is -0.397 e. The predicted molar refractivity (Wildman–Crippen MR) is 116 cm³/mol. The van der Waals surface area contributed by atoms with E-state index in [9.17, 15) is 13.2 Å².